The van der Waals surface area contributed by atoms with E-state index in [1.54, 1.807) is 38.1 Å². The van der Waals surface area contributed by atoms with Crippen molar-refractivity contribution in [3.05, 3.63) is 23.8 Å². The molecule has 1 aromatic rings. The number of hydrogen-bond acceptors (Lipinski definition) is 5. The van der Waals surface area contributed by atoms with Crippen molar-refractivity contribution in [3.63, 3.8) is 0 Å². The number of thioether (sulfide) groups is 1. The first-order valence-electron chi connectivity index (χ1n) is 5.77. The fraction of sp³-hybridized carbons (Fsp3) is 0.500. The predicted octanol–water partition coefficient (Wildman–Crippen LogP) is 1.71. The van der Waals surface area contributed by atoms with Gasteiger partial charge in [0.1, 0.15) is 11.5 Å². The van der Waals surface area contributed by atoms with Gasteiger partial charge in [-0.15, -0.1) is 11.8 Å². The molecule has 0 aromatic heterocycles. The van der Waals surface area contributed by atoms with Crippen LogP contribution in [0.1, 0.15) is 10.9 Å². The molecular weight excluding hydrogens is 286 g/mol. The second kappa shape index (κ2) is 5.60. The van der Waals surface area contributed by atoms with Crippen LogP contribution in [-0.2, 0) is 10.0 Å². The standard InChI is InChI=1S/C12H17NO4S2/c1-16-9-4-5-11(17-2)10(8-9)12-13(6-7-18-12)19(3,14)15/h4-5,8,12H,6-7H2,1-3H3/t12-/m0/s1. The van der Waals surface area contributed by atoms with Crippen LogP contribution in [0.2, 0.25) is 0 Å². The normalized spacial score (nSPS) is 20.5. The highest BCUT2D eigenvalue weighted by molar-refractivity contribution is 8.00. The first-order chi connectivity index (χ1) is 8.97. The van der Waals surface area contributed by atoms with Gasteiger partial charge in [0, 0.05) is 17.9 Å². The van der Waals surface area contributed by atoms with Gasteiger partial charge in [-0.3, -0.25) is 0 Å². The van der Waals surface area contributed by atoms with E-state index in [9.17, 15) is 8.42 Å². The van der Waals surface area contributed by atoms with E-state index in [0.717, 1.165) is 11.3 Å². The molecule has 0 unspecified atom stereocenters. The molecule has 1 aliphatic rings. The Morgan fingerprint density at radius 3 is 2.63 bits per heavy atom. The maximum atomic E-state index is 11.8. The lowest BCUT2D eigenvalue weighted by atomic mass is 10.2. The summed E-state index contributed by atoms with van der Waals surface area (Å²) < 4.78 is 35.6. The van der Waals surface area contributed by atoms with Gasteiger partial charge in [0.05, 0.1) is 25.8 Å². The van der Waals surface area contributed by atoms with Crippen molar-refractivity contribution in [2.75, 3.05) is 32.8 Å². The lowest BCUT2D eigenvalue weighted by Gasteiger charge is -2.23. The zero-order chi connectivity index (χ0) is 14.0. The van der Waals surface area contributed by atoms with E-state index in [1.807, 2.05) is 6.07 Å². The number of ether oxygens (including phenoxy) is 2. The van der Waals surface area contributed by atoms with E-state index in [-0.39, 0.29) is 5.37 Å². The highest BCUT2D eigenvalue weighted by atomic mass is 32.2. The Morgan fingerprint density at radius 1 is 1.32 bits per heavy atom. The Labute approximate surface area is 117 Å². The molecule has 0 saturated carbocycles. The topological polar surface area (TPSA) is 55.8 Å². The molecular formula is C12H17NO4S2. The SMILES string of the molecule is COc1ccc(OC)c([C@@H]2SCCN2S(C)(=O)=O)c1. The van der Waals surface area contributed by atoms with Crippen molar-refractivity contribution >= 4 is 21.8 Å². The van der Waals surface area contributed by atoms with Gasteiger partial charge in [-0.2, -0.15) is 4.31 Å². The summed E-state index contributed by atoms with van der Waals surface area (Å²) >= 11 is 1.59. The predicted molar refractivity (Wildman–Crippen MR) is 76.3 cm³/mol. The zero-order valence-electron chi connectivity index (χ0n) is 11.1. The number of benzene rings is 1. The molecule has 0 radical (unpaired) electrons. The summed E-state index contributed by atoms with van der Waals surface area (Å²) in [6.45, 7) is 0.522. The molecule has 2 rings (SSSR count). The fourth-order valence-corrected chi connectivity index (χ4v) is 4.88. The van der Waals surface area contributed by atoms with E-state index < -0.39 is 10.0 Å². The van der Waals surface area contributed by atoms with Crippen LogP contribution in [0.4, 0.5) is 0 Å². The first kappa shape index (κ1) is 14.5. The van der Waals surface area contributed by atoms with Crippen LogP contribution in [0.3, 0.4) is 0 Å². The van der Waals surface area contributed by atoms with Crippen LogP contribution in [0.25, 0.3) is 0 Å². The minimum atomic E-state index is -3.23. The van der Waals surface area contributed by atoms with Crippen molar-refractivity contribution in [3.8, 4) is 11.5 Å². The smallest absolute Gasteiger partial charge is 0.212 e. The van der Waals surface area contributed by atoms with Crippen molar-refractivity contribution in [1.29, 1.82) is 0 Å². The van der Waals surface area contributed by atoms with Gasteiger partial charge in [-0.25, -0.2) is 8.42 Å². The number of methoxy groups -OCH3 is 2. The molecule has 1 saturated heterocycles. The summed E-state index contributed by atoms with van der Waals surface area (Å²) in [5.74, 6) is 2.14. The van der Waals surface area contributed by atoms with Gasteiger partial charge in [0.25, 0.3) is 0 Å². The van der Waals surface area contributed by atoms with Crippen LogP contribution < -0.4 is 9.47 Å². The number of hydrogen-bond donors (Lipinski definition) is 0. The zero-order valence-corrected chi connectivity index (χ0v) is 12.8. The Morgan fingerprint density at radius 2 is 2.05 bits per heavy atom. The monoisotopic (exact) mass is 303 g/mol. The van der Waals surface area contributed by atoms with E-state index in [0.29, 0.717) is 18.0 Å². The average Bonchev–Trinajstić information content (AvgIpc) is 2.87. The van der Waals surface area contributed by atoms with Crippen LogP contribution in [-0.4, -0.2) is 45.5 Å². The van der Waals surface area contributed by atoms with E-state index in [1.165, 1.54) is 10.6 Å². The average molecular weight is 303 g/mol. The maximum absolute atomic E-state index is 11.8. The summed E-state index contributed by atoms with van der Waals surface area (Å²) in [5.41, 5.74) is 0.828. The molecule has 0 spiro atoms. The molecule has 1 atom stereocenters. The number of rotatable bonds is 4. The third kappa shape index (κ3) is 2.98. The van der Waals surface area contributed by atoms with Gasteiger partial charge >= 0.3 is 0 Å². The number of sulfonamides is 1. The van der Waals surface area contributed by atoms with Crippen LogP contribution in [0.5, 0.6) is 11.5 Å². The largest absolute Gasteiger partial charge is 0.497 e. The Hall–Kier alpha value is -0.920. The molecule has 1 heterocycles. The van der Waals surface area contributed by atoms with Gasteiger partial charge in [-0.1, -0.05) is 0 Å². The summed E-state index contributed by atoms with van der Waals surface area (Å²) in [5, 5.41) is -0.250. The van der Waals surface area contributed by atoms with Gasteiger partial charge < -0.3 is 9.47 Å². The third-order valence-corrected chi connectivity index (χ3v) is 5.60. The summed E-state index contributed by atoms with van der Waals surface area (Å²) in [4.78, 5) is 0. The molecule has 0 N–H and O–H groups in total. The summed E-state index contributed by atoms with van der Waals surface area (Å²) in [6, 6.07) is 5.43. The maximum Gasteiger partial charge on any atom is 0.212 e. The number of nitrogens with zero attached hydrogens (tertiary/aromatic N) is 1. The van der Waals surface area contributed by atoms with Crippen molar-refractivity contribution in [2.45, 2.75) is 5.37 Å². The first-order valence-corrected chi connectivity index (χ1v) is 8.67. The van der Waals surface area contributed by atoms with Gasteiger partial charge in [-0.05, 0) is 18.2 Å². The Bertz CT molecular complexity index is 559. The lowest BCUT2D eigenvalue weighted by Crippen LogP contribution is -2.29. The molecule has 0 aliphatic carbocycles. The summed E-state index contributed by atoms with van der Waals surface area (Å²) in [7, 11) is -0.0642. The van der Waals surface area contributed by atoms with Crippen molar-refractivity contribution in [1.82, 2.24) is 4.31 Å². The minimum absolute atomic E-state index is 0.250. The molecule has 0 amide bonds. The minimum Gasteiger partial charge on any atom is -0.497 e. The van der Waals surface area contributed by atoms with E-state index in [2.05, 4.69) is 0 Å². The van der Waals surface area contributed by atoms with Crippen LogP contribution in [0, 0.1) is 0 Å². The molecule has 1 aliphatic heterocycles. The highest BCUT2D eigenvalue weighted by Crippen LogP contribution is 2.44. The molecule has 106 valence electrons. The fourth-order valence-electron chi connectivity index (χ4n) is 2.07. The molecule has 1 fully saturated rings. The Balaban J connectivity index is 2.45. The van der Waals surface area contributed by atoms with E-state index >= 15 is 0 Å². The molecule has 5 nitrogen and oxygen atoms in total. The highest BCUT2D eigenvalue weighted by Gasteiger charge is 2.35. The summed E-state index contributed by atoms with van der Waals surface area (Å²) in [6.07, 6.45) is 1.23. The quantitative estimate of drug-likeness (QED) is 0.847. The second-order valence-electron chi connectivity index (χ2n) is 4.20. The van der Waals surface area contributed by atoms with Crippen molar-refractivity contribution in [2.24, 2.45) is 0 Å². The molecule has 7 heteroatoms. The van der Waals surface area contributed by atoms with Crippen LogP contribution >= 0.6 is 11.8 Å². The van der Waals surface area contributed by atoms with Crippen LogP contribution in [0.15, 0.2) is 18.2 Å². The lowest BCUT2D eigenvalue weighted by molar-refractivity contribution is 0.383. The van der Waals surface area contributed by atoms with Gasteiger partial charge in [0.15, 0.2) is 0 Å². The third-order valence-electron chi connectivity index (χ3n) is 2.98. The van der Waals surface area contributed by atoms with E-state index in [4.69, 9.17) is 9.47 Å². The second-order valence-corrected chi connectivity index (χ2v) is 7.33. The van der Waals surface area contributed by atoms with Crippen molar-refractivity contribution < 1.29 is 17.9 Å². The molecule has 1 aromatic carbocycles. The molecule has 0 bridgehead atoms. The Kier molecular flexibility index (Phi) is 4.27. The molecule has 19 heavy (non-hydrogen) atoms. The van der Waals surface area contributed by atoms with Gasteiger partial charge in [0.2, 0.25) is 10.0 Å².